The van der Waals surface area contributed by atoms with Gasteiger partial charge in [-0.15, -0.1) is 0 Å². The van der Waals surface area contributed by atoms with E-state index in [4.69, 9.17) is 9.47 Å². The number of amides is 1. The molecule has 34 heavy (non-hydrogen) atoms. The van der Waals surface area contributed by atoms with E-state index in [1.807, 2.05) is 48.5 Å². The molecule has 3 rings (SSSR count). The Morgan fingerprint density at radius 1 is 1.03 bits per heavy atom. The number of carbonyl (C=O) groups is 1. The van der Waals surface area contributed by atoms with E-state index < -0.39 is 5.91 Å². The number of ether oxygens (including phenoxy) is 2. The predicted octanol–water partition coefficient (Wildman–Crippen LogP) is 6.46. The molecule has 3 aromatic carbocycles. The second-order valence-corrected chi connectivity index (χ2v) is 9.22. The number of halogens is 2. The molecule has 0 atom stereocenters. The molecular weight excluding hydrogens is 560 g/mol. The number of carbonyl (C=O) groups excluding carboxylic acids is 1. The lowest BCUT2D eigenvalue weighted by Crippen LogP contribution is -2.25. The van der Waals surface area contributed by atoms with Gasteiger partial charge < -0.3 is 14.8 Å². The lowest BCUT2D eigenvalue weighted by atomic mass is 10.1. The molecule has 0 spiro atoms. The molecule has 174 valence electrons. The lowest BCUT2D eigenvalue weighted by Gasteiger charge is -2.13. The summed E-state index contributed by atoms with van der Waals surface area (Å²) in [6, 6.07) is 23.4. The molecule has 1 amide bonds. The van der Waals surface area contributed by atoms with Crippen molar-refractivity contribution in [3.63, 3.8) is 0 Å². The Hall–Kier alpha value is -3.08. The van der Waals surface area contributed by atoms with Crippen LogP contribution < -0.4 is 14.8 Å². The monoisotopic (exact) mass is 582 g/mol. The fourth-order valence-corrected chi connectivity index (χ4v) is 3.92. The first-order valence-corrected chi connectivity index (χ1v) is 12.3. The maximum absolute atomic E-state index is 12.5. The summed E-state index contributed by atoms with van der Waals surface area (Å²) in [4.78, 5) is 12.5. The van der Waals surface area contributed by atoms with Gasteiger partial charge in [0.25, 0.3) is 5.91 Å². The number of hydrogen-bond acceptors (Lipinski definition) is 4. The minimum absolute atomic E-state index is 0.0194. The number of rotatable bonds is 10. The normalized spacial score (nSPS) is 10.9. The van der Waals surface area contributed by atoms with E-state index in [0.717, 1.165) is 22.9 Å². The van der Waals surface area contributed by atoms with Crippen LogP contribution in [0, 0.1) is 11.3 Å². The Morgan fingerprint density at radius 3 is 2.44 bits per heavy atom. The zero-order valence-corrected chi connectivity index (χ0v) is 21.9. The Labute approximate surface area is 216 Å². The minimum Gasteiger partial charge on any atom is -0.493 e. The molecule has 0 aromatic heterocycles. The molecule has 3 aromatic rings. The Balaban J connectivity index is 1.65. The number of nitrogens with one attached hydrogen (secondary N) is 1. The van der Waals surface area contributed by atoms with Crippen molar-refractivity contribution in [2.24, 2.45) is 0 Å². The van der Waals surface area contributed by atoms with Crippen molar-refractivity contribution in [2.45, 2.75) is 19.4 Å². The molecule has 0 saturated heterocycles. The van der Waals surface area contributed by atoms with E-state index in [9.17, 15) is 10.1 Å². The Bertz CT molecular complexity index is 1190. The maximum Gasteiger partial charge on any atom is 0.261 e. The number of hydrogen-bond donors (Lipinski definition) is 1. The molecule has 0 aliphatic heterocycles. The molecule has 0 saturated carbocycles. The predicted molar refractivity (Wildman–Crippen MR) is 141 cm³/mol. The van der Waals surface area contributed by atoms with E-state index >= 15 is 0 Å². The number of nitriles is 1. The van der Waals surface area contributed by atoms with Crippen molar-refractivity contribution in [1.29, 1.82) is 5.26 Å². The highest BCUT2D eigenvalue weighted by atomic mass is 79.9. The van der Waals surface area contributed by atoms with Crippen LogP contribution in [0.4, 0.5) is 0 Å². The molecule has 0 bridgehead atoms. The standard InChI is InChI=1S/C27H24Br2N2O3/c1-33-25-15-21(24(29)16-26(25)34-18-20-9-11-23(28)12-10-20)14-22(17-30)27(32)31-13-5-8-19-6-3-2-4-7-19/h2-4,6-7,9-12,14-16H,5,8,13,18H2,1H3,(H,31,32)/b22-14-. The van der Waals surface area contributed by atoms with Crippen LogP contribution in [0.5, 0.6) is 11.5 Å². The zero-order valence-electron chi connectivity index (χ0n) is 18.7. The van der Waals surface area contributed by atoms with Gasteiger partial charge in [0, 0.05) is 15.5 Å². The Kier molecular flexibility index (Phi) is 9.75. The minimum atomic E-state index is -0.406. The first-order valence-electron chi connectivity index (χ1n) is 10.7. The van der Waals surface area contributed by atoms with Crippen LogP contribution in [0.3, 0.4) is 0 Å². The van der Waals surface area contributed by atoms with Crippen LogP contribution in [0.1, 0.15) is 23.1 Å². The van der Waals surface area contributed by atoms with Crippen LogP contribution in [-0.4, -0.2) is 19.6 Å². The number of benzene rings is 3. The average Bonchev–Trinajstić information content (AvgIpc) is 2.86. The van der Waals surface area contributed by atoms with Gasteiger partial charge in [-0.3, -0.25) is 4.79 Å². The van der Waals surface area contributed by atoms with Crippen LogP contribution >= 0.6 is 31.9 Å². The van der Waals surface area contributed by atoms with Crippen molar-refractivity contribution in [3.05, 3.63) is 97.9 Å². The molecule has 5 nitrogen and oxygen atoms in total. The van der Waals surface area contributed by atoms with Crippen molar-refractivity contribution in [3.8, 4) is 17.6 Å². The van der Waals surface area contributed by atoms with E-state index in [-0.39, 0.29) is 5.57 Å². The summed E-state index contributed by atoms with van der Waals surface area (Å²) in [5.41, 5.74) is 2.89. The van der Waals surface area contributed by atoms with Gasteiger partial charge in [-0.1, -0.05) is 74.3 Å². The molecular formula is C27H24Br2N2O3. The highest BCUT2D eigenvalue weighted by Crippen LogP contribution is 2.35. The molecule has 7 heteroatoms. The van der Waals surface area contributed by atoms with Gasteiger partial charge in [0.1, 0.15) is 18.2 Å². The van der Waals surface area contributed by atoms with Gasteiger partial charge >= 0.3 is 0 Å². The third-order valence-electron chi connectivity index (χ3n) is 5.03. The van der Waals surface area contributed by atoms with Crippen LogP contribution in [-0.2, 0) is 17.8 Å². The van der Waals surface area contributed by atoms with Crippen molar-refractivity contribution in [1.82, 2.24) is 5.32 Å². The molecule has 0 aliphatic carbocycles. The quantitative estimate of drug-likeness (QED) is 0.169. The van der Waals surface area contributed by atoms with Crippen molar-refractivity contribution in [2.75, 3.05) is 13.7 Å². The molecule has 0 aliphatic rings. The van der Waals surface area contributed by atoms with Gasteiger partial charge in [-0.05, 0) is 59.9 Å². The first kappa shape index (κ1) is 25.5. The number of aryl methyl sites for hydroxylation is 1. The van der Waals surface area contributed by atoms with Gasteiger partial charge in [-0.2, -0.15) is 5.26 Å². The first-order chi connectivity index (χ1) is 16.5. The Morgan fingerprint density at radius 2 is 1.76 bits per heavy atom. The molecule has 0 unspecified atom stereocenters. The summed E-state index contributed by atoms with van der Waals surface area (Å²) in [6.07, 6.45) is 3.19. The van der Waals surface area contributed by atoms with E-state index in [0.29, 0.717) is 34.7 Å². The van der Waals surface area contributed by atoms with E-state index in [1.54, 1.807) is 19.2 Å². The molecule has 0 radical (unpaired) electrons. The SMILES string of the molecule is COc1cc(/C=C(/C#N)C(=O)NCCCc2ccccc2)c(Br)cc1OCc1ccc(Br)cc1. The van der Waals surface area contributed by atoms with Crippen molar-refractivity contribution < 1.29 is 14.3 Å². The summed E-state index contributed by atoms with van der Waals surface area (Å²) in [5, 5.41) is 12.4. The summed E-state index contributed by atoms with van der Waals surface area (Å²) < 4.78 is 13.1. The van der Waals surface area contributed by atoms with Crippen LogP contribution in [0.25, 0.3) is 6.08 Å². The van der Waals surface area contributed by atoms with E-state index in [1.165, 1.54) is 11.6 Å². The average molecular weight is 584 g/mol. The number of nitrogens with zero attached hydrogens (tertiary/aromatic N) is 1. The molecule has 1 N–H and O–H groups in total. The molecule has 0 fully saturated rings. The topological polar surface area (TPSA) is 71.3 Å². The van der Waals surface area contributed by atoms with Crippen LogP contribution in [0.15, 0.2) is 81.2 Å². The fourth-order valence-electron chi connectivity index (χ4n) is 3.21. The van der Waals surface area contributed by atoms with Gasteiger partial charge in [0.15, 0.2) is 11.5 Å². The van der Waals surface area contributed by atoms with Gasteiger partial charge in [-0.25, -0.2) is 0 Å². The smallest absolute Gasteiger partial charge is 0.261 e. The summed E-state index contributed by atoms with van der Waals surface area (Å²) >= 11 is 6.94. The van der Waals surface area contributed by atoms with Crippen molar-refractivity contribution >= 4 is 43.8 Å². The second kappa shape index (κ2) is 13.0. The summed E-state index contributed by atoms with van der Waals surface area (Å²) in [5.74, 6) is 0.655. The zero-order chi connectivity index (χ0) is 24.3. The fraction of sp³-hybridized carbons (Fsp3) is 0.185. The van der Waals surface area contributed by atoms with E-state index in [2.05, 4.69) is 49.3 Å². The molecule has 0 heterocycles. The third kappa shape index (κ3) is 7.47. The lowest BCUT2D eigenvalue weighted by molar-refractivity contribution is -0.117. The largest absolute Gasteiger partial charge is 0.493 e. The summed E-state index contributed by atoms with van der Waals surface area (Å²) in [6.45, 7) is 0.861. The second-order valence-electron chi connectivity index (χ2n) is 7.45. The third-order valence-corrected chi connectivity index (χ3v) is 6.24. The summed E-state index contributed by atoms with van der Waals surface area (Å²) in [7, 11) is 1.55. The highest BCUT2D eigenvalue weighted by Gasteiger charge is 2.13. The number of methoxy groups -OCH3 is 1. The van der Waals surface area contributed by atoms with Gasteiger partial charge in [0.2, 0.25) is 0 Å². The maximum atomic E-state index is 12.5. The highest BCUT2D eigenvalue weighted by molar-refractivity contribution is 9.10. The van der Waals surface area contributed by atoms with Crippen LogP contribution in [0.2, 0.25) is 0 Å². The van der Waals surface area contributed by atoms with Gasteiger partial charge in [0.05, 0.1) is 7.11 Å².